The number of carbonyl (C=O) groups is 1. The SMILES string of the molecule is CNCC1CCCN1C(=O)CC1C=CCC1. The fourth-order valence-corrected chi connectivity index (χ4v) is 2.82. The van der Waals surface area contributed by atoms with Crippen LogP contribution in [0.1, 0.15) is 32.1 Å². The van der Waals surface area contributed by atoms with E-state index >= 15 is 0 Å². The first-order valence-corrected chi connectivity index (χ1v) is 6.42. The zero-order chi connectivity index (χ0) is 11.4. The van der Waals surface area contributed by atoms with E-state index in [1.54, 1.807) is 0 Å². The van der Waals surface area contributed by atoms with Gasteiger partial charge in [-0.2, -0.15) is 0 Å². The van der Waals surface area contributed by atoms with Crippen molar-refractivity contribution in [2.24, 2.45) is 5.92 Å². The molecule has 3 nitrogen and oxygen atoms in total. The molecule has 1 N–H and O–H groups in total. The van der Waals surface area contributed by atoms with E-state index in [4.69, 9.17) is 0 Å². The van der Waals surface area contributed by atoms with Gasteiger partial charge in [0.05, 0.1) is 0 Å². The Kier molecular flexibility index (Phi) is 3.99. The quantitative estimate of drug-likeness (QED) is 0.732. The van der Waals surface area contributed by atoms with Crippen LogP contribution in [-0.2, 0) is 4.79 Å². The fourth-order valence-electron chi connectivity index (χ4n) is 2.82. The van der Waals surface area contributed by atoms with Gasteiger partial charge in [0, 0.05) is 25.6 Å². The first-order chi connectivity index (χ1) is 7.81. The third kappa shape index (κ3) is 2.64. The van der Waals surface area contributed by atoms with Gasteiger partial charge in [-0.1, -0.05) is 12.2 Å². The molecule has 2 aliphatic rings. The predicted molar refractivity (Wildman–Crippen MR) is 65.1 cm³/mol. The highest BCUT2D eigenvalue weighted by molar-refractivity contribution is 5.77. The van der Waals surface area contributed by atoms with E-state index in [2.05, 4.69) is 22.4 Å². The summed E-state index contributed by atoms with van der Waals surface area (Å²) in [6.45, 7) is 1.90. The van der Waals surface area contributed by atoms with Gasteiger partial charge in [-0.25, -0.2) is 0 Å². The number of carbonyl (C=O) groups excluding carboxylic acids is 1. The number of nitrogens with one attached hydrogen (secondary N) is 1. The van der Waals surface area contributed by atoms with Crippen LogP contribution in [0.5, 0.6) is 0 Å². The molecule has 1 fully saturated rings. The molecule has 3 heteroatoms. The molecule has 0 aromatic heterocycles. The summed E-state index contributed by atoms with van der Waals surface area (Å²) in [6.07, 6.45) is 9.77. The smallest absolute Gasteiger partial charge is 0.223 e. The second-order valence-corrected chi connectivity index (χ2v) is 4.91. The highest BCUT2D eigenvalue weighted by Gasteiger charge is 2.29. The molecular formula is C13H22N2O. The Labute approximate surface area is 97.9 Å². The van der Waals surface area contributed by atoms with E-state index in [1.165, 1.54) is 6.42 Å². The lowest BCUT2D eigenvalue weighted by Crippen LogP contribution is -2.41. The minimum absolute atomic E-state index is 0.356. The van der Waals surface area contributed by atoms with E-state index in [0.29, 0.717) is 17.9 Å². The van der Waals surface area contributed by atoms with Gasteiger partial charge in [-0.05, 0) is 38.6 Å². The lowest BCUT2D eigenvalue weighted by molar-refractivity contribution is -0.132. The summed E-state index contributed by atoms with van der Waals surface area (Å²) in [5.74, 6) is 0.859. The van der Waals surface area contributed by atoms with Crippen molar-refractivity contribution in [1.29, 1.82) is 0 Å². The molecule has 0 bridgehead atoms. The third-order valence-corrected chi connectivity index (χ3v) is 3.69. The van der Waals surface area contributed by atoms with Gasteiger partial charge >= 0.3 is 0 Å². The van der Waals surface area contributed by atoms with E-state index < -0.39 is 0 Å². The molecule has 16 heavy (non-hydrogen) atoms. The zero-order valence-electron chi connectivity index (χ0n) is 10.1. The van der Waals surface area contributed by atoms with Crippen LogP contribution in [0, 0.1) is 5.92 Å². The number of amides is 1. The summed E-state index contributed by atoms with van der Waals surface area (Å²) in [6, 6.07) is 0.433. The lowest BCUT2D eigenvalue weighted by atomic mass is 10.0. The minimum atomic E-state index is 0.356. The maximum absolute atomic E-state index is 12.2. The van der Waals surface area contributed by atoms with Crippen molar-refractivity contribution in [3.8, 4) is 0 Å². The normalized spacial score (nSPS) is 28.9. The van der Waals surface area contributed by atoms with Gasteiger partial charge in [-0.3, -0.25) is 4.79 Å². The van der Waals surface area contributed by atoms with Gasteiger partial charge in [0.2, 0.25) is 5.91 Å². The van der Waals surface area contributed by atoms with Gasteiger partial charge < -0.3 is 10.2 Å². The van der Waals surface area contributed by atoms with Crippen LogP contribution in [-0.4, -0.2) is 37.0 Å². The van der Waals surface area contributed by atoms with Crippen LogP contribution >= 0.6 is 0 Å². The van der Waals surface area contributed by atoms with Crippen LogP contribution in [0.4, 0.5) is 0 Å². The molecule has 1 aliphatic carbocycles. The average Bonchev–Trinajstić information content (AvgIpc) is 2.89. The summed E-state index contributed by atoms with van der Waals surface area (Å²) in [4.78, 5) is 14.2. The summed E-state index contributed by atoms with van der Waals surface area (Å²) in [5, 5.41) is 3.18. The molecule has 2 rings (SSSR count). The Bertz CT molecular complexity index is 275. The first-order valence-electron chi connectivity index (χ1n) is 6.42. The van der Waals surface area contributed by atoms with Crippen molar-refractivity contribution >= 4 is 5.91 Å². The standard InChI is InChI=1S/C13H22N2O/c1-14-10-12-7-4-8-15(12)13(16)9-11-5-2-3-6-11/h2,5,11-12,14H,3-4,6-10H2,1H3. The van der Waals surface area contributed by atoms with Crippen molar-refractivity contribution in [3.63, 3.8) is 0 Å². The molecular weight excluding hydrogens is 200 g/mol. The van der Waals surface area contributed by atoms with E-state index in [1.807, 2.05) is 7.05 Å². The minimum Gasteiger partial charge on any atom is -0.338 e. The number of hydrogen-bond donors (Lipinski definition) is 1. The zero-order valence-corrected chi connectivity index (χ0v) is 10.1. The second-order valence-electron chi connectivity index (χ2n) is 4.91. The van der Waals surface area contributed by atoms with Gasteiger partial charge in [0.25, 0.3) is 0 Å². The maximum Gasteiger partial charge on any atom is 0.223 e. The topological polar surface area (TPSA) is 32.3 Å². The van der Waals surface area contributed by atoms with Gasteiger partial charge in [0.15, 0.2) is 0 Å². The summed E-state index contributed by atoms with van der Waals surface area (Å²) < 4.78 is 0. The molecule has 1 amide bonds. The second kappa shape index (κ2) is 5.48. The fraction of sp³-hybridized carbons (Fsp3) is 0.769. The lowest BCUT2D eigenvalue weighted by Gasteiger charge is -2.25. The number of likely N-dealkylation sites (tertiary alicyclic amines) is 1. The monoisotopic (exact) mass is 222 g/mol. The van der Waals surface area contributed by atoms with E-state index in [0.717, 1.165) is 38.8 Å². The molecule has 2 atom stereocenters. The maximum atomic E-state index is 12.2. The average molecular weight is 222 g/mol. The van der Waals surface area contributed by atoms with Crippen LogP contribution < -0.4 is 5.32 Å². The van der Waals surface area contributed by atoms with Gasteiger partial charge in [-0.15, -0.1) is 0 Å². The summed E-state index contributed by atoms with van der Waals surface area (Å²) >= 11 is 0. The van der Waals surface area contributed by atoms with E-state index in [9.17, 15) is 4.79 Å². The van der Waals surface area contributed by atoms with Crippen LogP contribution in [0.15, 0.2) is 12.2 Å². The number of nitrogens with zero attached hydrogens (tertiary/aromatic N) is 1. The van der Waals surface area contributed by atoms with Crippen molar-refractivity contribution in [2.75, 3.05) is 20.1 Å². The molecule has 1 heterocycles. The Morgan fingerprint density at radius 3 is 3.06 bits per heavy atom. The summed E-state index contributed by atoms with van der Waals surface area (Å²) in [5.41, 5.74) is 0. The van der Waals surface area contributed by atoms with Crippen molar-refractivity contribution < 1.29 is 4.79 Å². The first kappa shape index (κ1) is 11.6. The Balaban J connectivity index is 1.85. The van der Waals surface area contributed by atoms with Gasteiger partial charge in [0.1, 0.15) is 0 Å². The number of hydrogen-bond acceptors (Lipinski definition) is 2. The van der Waals surface area contributed by atoms with Crippen LogP contribution in [0.2, 0.25) is 0 Å². The molecule has 90 valence electrons. The molecule has 2 unspecified atom stereocenters. The molecule has 1 saturated heterocycles. The van der Waals surface area contributed by atoms with Crippen molar-refractivity contribution in [1.82, 2.24) is 10.2 Å². The van der Waals surface area contributed by atoms with Crippen molar-refractivity contribution in [3.05, 3.63) is 12.2 Å². The molecule has 0 aromatic carbocycles. The van der Waals surface area contributed by atoms with Crippen LogP contribution in [0.25, 0.3) is 0 Å². The molecule has 1 aliphatic heterocycles. The summed E-state index contributed by atoms with van der Waals surface area (Å²) in [7, 11) is 1.96. The largest absolute Gasteiger partial charge is 0.338 e. The highest BCUT2D eigenvalue weighted by atomic mass is 16.2. The third-order valence-electron chi connectivity index (χ3n) is 3.69. The number of allylic oxidation sites excluding steroid dienone is 2. The molecule has 0 saturated carbocycles. The molecule has 0 radical (unpaired) electrons. The molecule has 0 spiro atoms. The number of likely N-dealkylation sites (N-methyl/N-ethyl adjacent to an activating group) is 1. The van der Waals surface area contributed by atoms with E-state index in [-0.39, 0.29) is 0 Å². The Morgan fingerprint density at radius 1 is 1.50 bits per heavy atom. The Hall–Kier alpha value is -0.830. The Morgan fingerprint density at radius 2 is 2.38 bits per heavy atom. The number of rotatable bonds is 4. The molecule has 0 aromatic rings. The van der Waals surface area contributed by atoms with Crippen LogP contribution in [0.3, 0.4) is 0 Å². The highest BCUT2D eigenvalue weighted by Crippen LogP contribution is 2.24. The van der Waals surface area contributed by atoms with Crippen molar-refractivity contribution in [2.45, 2.75) is 38.1 Å². The predicted octanol–water partition coefficient (Wildman–Crippen LogP) is 1.55.